The number of aliphatic hydroxyl groups excluding tert-OH is 1. The maximum Gasteiger partial charge on any atom is 0.352 e. The van der Waals surface area contributed by atoms with Crippen molar-refractivity contribution < 1.29 is 23.4 Å². The quantitative estimate of drug-likeness (QED) is 0.564. The van der Waals surface area contributed by atoms with Gasteiger partial charge in [-0.2, -0.15) is 0 Å². The molecule has 0 aliphatic carbocycles. The summed E-state index contributed by atoms with van der Waals surface area (Å²) in [4.78, 5) is 12.8. The first kappa shape index (κ1) is 13.7. The molecule has 1 heterocycles. The number of aromatic carboxylic acids is 1. The van der Waals surface area contributed by atoms with Gasteiger partial charge in [-0.15, -0.1) is 0 Å². The van der Waals surface area contributed by atoms with Gasteiger partial charge in [-0.1, -0.05) is 6.92 Å². The summed E-state index contributed by atoms with van der Waals surface area (Å²) in [7, 11) is -3.80. The van der Waals surface area contributed by atoms with Crippen LogP contribution in [0.2, 0.25) is 0 Å². The lowest BCUT2D eigenvalue weighted by Gasteiger charge is -2.13. The number of sulfonamides is 1. The molecule has 4 N–H and O–H groups in total. The molecule has 0 fully saturated rings. The molecule has 0 bridgehead atoms. The highest BCUT2D eigenvalue weighted by Gasteiger charge is 2.21. The summed E-state index contributed by atoms with van der Waals surface area (Å²) >= 11 is 0. The third-order valence-corrected chi connectivity index (χ3v) is 3.73. The fourth-order valence-electron chi connectivity index (χ4n) is 1.19. The van der Waals surface area contributed by atoms with Crippen LogP contribution in [-0.4, -0.2) is 42.2 Å². The number of nitrogens with one attached hydrogen (secondary N) is 2. The van der Waals surface area contributed by atoms with Crippen molar-refractivity contribution in [3.05, 3.63) is 18.0 Å². The van der Waals surface area contributed by atoms with E-state index in [-0.39, 0.29) is 17.2 Å². The van der Waals surface area contributed by atoms with Gasteiger partial charge in [0.25, 0.3) is 0 Å². The molecule has 7 nitrogen and oxygen atoms in total. The Morgan fingerprint density at radius 1 is 1.59 bits per heavy atom. The molecule has 0 amide bonds. The maximum absolute atomic E-state index is 11.8. The van der Waals surface area contributed by atoms with Crippen molar-refractivity contribution in [3.8, 4) is 0 Å². The van der Waals surface area contributed by atoms with Crippen LogP contribution < -0.4 is 4.72 Å². The van der Waals surface area contributed by atoms with Crippen LogP contribution >= 0.6 is 0 Å². The van der Waals surface area contributed by atoms with Gasteiger partial charge in [0.1, 0.15) is 10.6 Å². The predicted molar refractivity (Wildman–Crippen MR) is 59.2 cm³/mol. The minimum Gasteiger partial charge on any atom is -0.477 e. The highest BCUT2D eigenvalue weighted by molar-refractivity contribution is 7.89. The predicted octanol–water partition coefficient (Wildman–Crippen LogP) is -0.238. The summed E-state index contributed by atoms with van der Waals surface area (Å²) < 4.78 is 25.8. The highest BCUT2D eigenvalue weighted by atomic mass is 32.2. The number of H-pyrrole nitrogens is 1. The molecule has 1 aromatic heterocycles. The highest BCUT2D eigenvalue weighted by Crippen LogP contribution is 2.11. The summed E-state index contributed by atoms with van der Waals surface area (Å²) in [5.41, 5.74) is -0.206. The van der Waals surface area contributed by atoms with Crippen molar-refractivity contribution >= 4 is 16.0 Å². The van der Waals surface area contributed by atoms with Gasteiger partial charge in [-0.05, 0) is 12.5 Å². The van der Waals surface area contributed by atoms with E-state index in [1.165, 1.54) is 0 Å². The lowest BCUT2D eigenvalue weighted by atomic mass is 10.3. The molecular formula is C9H14N2O5S. The largest absolute Gasteiger partial charge is 0.477 e. The van der Waals surface area contributed by atoms with Gasteiger partial charge in [0.15, 0.2) is 0 Å². The van der Waals surface area contributed by atoms with E-state index in [1.807, 2.05) is 0 Å². The molecule has 0 saturated carbocycles. The number of aromatic nitrogens is 1. The van der Waals surface area contributed by atoms with Crippen molar-refractivity contribution in [2.24, 2.45) is 0 Å². The van der Waals surface area contributed by atoms with Crippen molar-refractivity contribution in [2.75, 3.05) is 6.61 Å². The molecule has 0 spiro atoms. The average Bonchev–Trinajstić information content (AvgIpc) is 2.75. The Kier molecular flexibility index (Phi) is 4.27. The molecule has 1 atom stereocenters. The number of hydrogen-bond donors (Lipinski definition) is 4. The Morgan fingerprint density at radius 3 is 2.65 bits per heavy atom. The zero-order valence-electron chi connectivity index (χ0n) is 9.17. The molecule has 1 aromatic rings. The monoisotopic (exact) mass is 262 g/mol. The Hall–Kier alpha value is -1.38. The van der Waals surface area contributed by atoms with E-state index in [0.29, 0.717) is 6.42 Å². The molecule has 0 saturated heterocycles. The van der Waals surface area contributed by atoms with Crippen LogP contribution in [-0.2, 0) is 10.0 Å². The van der Waals surface area contributed by atoms with Crippen LogP contribution in [0.4, 0.5) is 0 Å². The number of carbonyl (C=O) groups is 1. The number of hydrogen-bond acceptors (Lipinski definition) is 4. The van der Waals surface area contributed by atoms with Gasteiger partial charge in [-0.25, -0.2) is 17.9 Å². The average molecular weight is 262 g/mol. The smallest absolute Gasteiger partial charge is 0.352 e. The van der Waals surface area contributed by atoms with Crippen molar-refractivity contribution in [1.29, 1.82) is 0 Å². The second kappa shape index (κ2) is 5.30. The zero-order valence-corrected chi connectivity index (χ0v) is 9.99. The summed E-state index contributed by atoms with van der Waals surface area (Å²) in [6.07, 6.45) is 1.53. The Bertz CT molecular complexity index is 489. The SMILES string of the molecule is CC[C@@H](CO)NS(=O)(=O)c1c[nH]c(C(=O)O)c1. The normalized spacial score (nSPS) is 13.5. The molecule has 0 aliphatic heterocycles. The second-order valence-electron chi connectivity index (χ2n) is 3.46. The van der Waals surface area contributed by atoms with Crippen LogP contribution in [0.1, 0.15) is 23.8 Å². The lowest BCUT2D eigenvalue weighted by molar-refractivity contribution is 0.0691. The molecule has 0 aliphatic rings. The maximum atomic E-state index is 11.8. The van der Waals surface area contributed by atoms with Crippen LogP contribution in [0.15, 0.2) is 17.2 Å². The summed E-state index contributed by atoms with van der Waals surface area (Å²) in [5.74, 6) is -1.24. The van der Waals surface area contributed by atoms with Crippen LogP contribution in [0.5, 0.6) is 0 Å². The molecule has 0 aromatic carbocycles. The number of aliphatic hydroxyl groups is 1. The van der Waals surface area contributed by atoms with E-state index >= 15 is 0 Å². The first-order valence-corrected chi connectivity index (χ1v) is 6.44. The second-order valence-corrected chi connectivity index (χ2v) is 5.18. The number of carboxylic acids is 1. The van der Waals surface area contributed by atoms with Crippen LogP contribution in [0.25, 0.3) is 0 Å². The Morgan fingerprint density at radius 2 is 2.24 bits per heavy atom. The minimum atomic E-state index is -3.80. The van der Waals surface area contributed by atoms with E-state index in [9.17, 15) is 13.2 Å². The third kappa shape index (κ3) is 3.29. The van der Waals surface area contributed by atoms with Crippen LogP contribution in [0.3, 0.4) is 0 Å². The molecule has 1 rings (SSSR count). The van der Waals surface area contributed by atoms with Gasteiger partial charge in [0.05, 0.1) is 6.61 Å². The van der Waals surface area contributed by atoms with Gasteiger partial charge in [0, 0.05) is 12.2 Å². The number of rotatable bonds is 6. The van der Waals surface area contributed by atoms with Gasteiger partial charge in [0.2, 0.25) is 10.0 Å². The van der Waals surface area contributed by atoms with E-state index in [0.717, 1.165) is 12.3 Å². The first-order valence-electron chi connectivity index (χ1n) is 4.95. The zero-order chi connectivity index (χ0) is 13.1. The fourth-order valence-corrected chi connectivity index (χ4v) is 2.49. The summed E-state index contributed by atoms with van der Waals surface area (Å²) in [6, 6.07) is 0.442. The number of aromatic amines is 1. The van der Waals surface area contributed by atoms with Crippen molar-refractivity contribution in [1.82, 2.24) is 9.71 Å². The van der Waals surface area contributed by atoms with Gasteiger partial charge < -0.3 is 15.2 Å². The van der Waals surface area contributed by atoms with E-state index in [2.05, 4.69) is 9.71 Å². The summed E-state index contributed by atoms with van der Waals surface area (Å²) in [5, 5.41) is 17.6. The molecule has 8 heteroatoms. The fraction of sp³-hybridized carbons (Fsp3) is 0.444. The first-order chi connectivity index (χ1) is 7.90. The molecule has 0 radical (unpaired) electrons. The van der Waals surface area contributed by atoms with E-state index in [1.54, 1.807) is 6.92 Å². The van der Waals surface area contributed by atoms with Crippen molar-refractivity contribution in [3.63, 3.8) is 0 Å². The Balaban J connectivity index is 2.93. The third-order valence-electron chi connectivity index (χ3n) is 2.23. The Labute approximate surface area is 98.5 Å². The van der Waals surface area contributed by atoms with Crippen LogP contribution in [0, 0.1) is 0 Å². The lowest BCUT2D eigenvalue weighted by Crippen LogP contribution is -2.36. The molecule has 17 heavy (non-hydrogen) atoms. The minimum absolute atomic E-state index is 0.165. The number of carboxylic acid groups (broad SMARTS) is 1. The topological polar surface area (TPSA) is 119 Å². The van der Waals surface area contributed by atoms with Gasteiger partial charge >= 0.3 is 5.97 Å². The van der Waals surface area contributed by atoms with Gasteiger partial charge in [-0.3, -0.25) is 0 Å². The molecule has 0 unspecified atom stereocenters. The standard InChI is InChI=1S/C9H14N2O5S/c1-2-6(5-12)11-17(15,16)7-3-8(9(13)14)10-4-7/h3-4,6,10-12H,2,5H2,1H3,(H,13,14)/t6-/m0/s1. The van der Waals surface area contributed by atoms with E-state index in [4.69, 9.17) is 10.2 Å². The summed E-state index contributed by atoms with van der Waals surface area (Å²) in [6.45, 7) is 1.41. The molecule has 96 valence electrons. The molecular weight excluding hydrogens is 248 g/mol. The van der Waals surface area contributed by atoms with Crippen molar-refractivity contribution in [2.45, 2.75) is 24.3 Å². The van der Waals surface area contributed by atoms with E-state index < -0.39 is 22.0 Å².